The van der Waals surface area contributed by atoms with E-state index in [1.54, 1.807) is 58.0 Å². The maximum Gasteiger partial charge on any atom is 0.408 e. The molecule has 1 saturated heterocycles. The second kappa shape index (κ2) is 8.41. The monoisotopic (exact) mass is 419 g/mol. The first-order valence-corrected chi connectivity index (χ1v) is 9.97. The predicted octanol–water partition coefficient (Wildman–Crippen LogP) is 1.93. The lowest BCUT2D eigenvalue weighted by atomic mass is 10.2. The highest BCUT2D eigenvalue weighted by Crippen LogP contribution is 2.34. The summed E-state index contributed by atoms with van der Waals surface area (Å²) in [6.45, 7) is 5.62. The van der Waals surface area contributed by atoms with Crippen LogP contribution in [0, 0.1) is 0 Å². The minimum absolute atomic E-state index is 0.00933. The summed E-state index contributed by atoms with van der Waals surface area (Å²) >= 11 is 0. The van der Waals surface area contributed by atoms with E-state index in [9.17, 15) is 14.4 Å². The Morgan fingerprint density at radius 2 is 2.00 bits per heavy atom. The van der Waals surface area contributed by atoms with E-state index in [0.29, 0.717) is 30.2 Å². The van der Waals surface area contributed by atoms with Gasteiger partial charge in [0.25, 0.3) is 5.91 Å². The highest BCUT2D eigenvalue weighted by Gasteiger charge is 2.32. The van der Waals surface area contributed by atoms with Crippen LogP contribution in [0.15, 0.2) is 18.2 Å². The van der Waals surface area contributed by atoms with Gasteiger partial charge in [0.15, 0.2) is 0 Å². The molecule has 9 heteroatoms. The van der Waals surface area contributed by atoms with Crippen LogP contribution < -0.4 is 19.7 Å². The second-order valence-electron chi connectivity index (χ2n) is 8.54. The Balaban J connectivity index is 1.67. The smallest absolute Gasteiger partial charge is 0.408 e. The van der Waals surface area contributed by atoms with E-state index < -0.39 is 17.7 Å². The van der Waals surface area contributed by atoms with Gasteiger partial charge in [-0.3, -0.25) is 9.59 Å². The van der Waals surface area contributed by atoms with Gasteiger partial charge in [0.1, 0.15) is 36.4 Å². The molecule has 2 aliphatic rings. The summed E-state index contributed by atoms with van der Waals surface area (Å²) in [5, 5.41) is 2.57. The molecule has 2 atom stereocenters. The lowest BCUT2D eigenvalue weighted by molar-refractivity contribution is -0.128. The Morgan fingerprint density at radius 3 is 2.63 bits per heavy atom. The number of likely N-dealkylation sites (N-methyl/N-ethyl adjacent to an activating group) is 2. The molecule has 3 rings (SSSR count). The van der Waals surface area contributed by atoms with E-state index in [1.807, 2.05) is 0 Å². The summed E-state index contributed by atoms with van der Waals surface area (Å²) in [7, 11) is 3.39. The SMILES string of the molecule is CN1C(=O)[C@@H](NC(=O)OC(C)(C)C)COc2ccc(OCC3CCC(=O)N3C)cc21. The van der Waals surface area contributed by atoms with Gasteiger partial charge >= 0.3 is 6.09 Å². The van der Waals surface area contributed by atoms with Crippen molar-refractivity contribution >= 4 is 23.6 Å². The van der Waals surface area contributed by atoms with Crippen molar-refractivity contribution in [1.82, 2.24) is 10.2 Å². The normalized spacial score (nSPS) is 21.6. The van der Waals surface area contributed by atoms with Crippen molar-refractivity contribution in [2.24, 2.45) is 0 Å². The van der Waals surface area contributed by atoms with Crippen LogP contribution in [-0.4, -0.2) is 67.8 Å². The zero-order chi connectivity index (χ0) is 22.1. The van der Waals surface area contributed by atoms with Gasteiger partial charge in [-0.05, 0) is 39.3 Å². The van der Waals surface area contributed by atoms with Crippen LogP contribution in [0.4, 0.5) is 10.5 Å². The van der Waals surface area contributed by atoms with Crippen LogP contribution in [0.2, 0.25) is 0 Å². The third-order valence-electron chi connectivity index (χ3n) is 5.09. The molecule has 2 heterocycles. The zero-order valence-corrected chi connectivity index (χ0v) is 18.1. The molecule has 1 fully saturated rings. The van der Waals surface area contributed by atoms with Crippen LogP contribution >= 0.6 is 0 Å². The van der Waals surface area contributed by atoms with Gasteiger partial charge < -0.3 is 29.3 Å². The number of hydrogen-bond donors (Lipinski definition) is 1. The van der Waals surface area contributed by atoms with E-state index in [1.165, 1.54) is 4.90 Å². The summed E-state index contributed by atoms with van der Waals surface area (Å²) < 4.78 is 16.9. The molecular weight excluding hydrogens is 390 g/mol. The number of hydrogen-bond acceptors (Lipinski definition) is 6. The van der Waals surface area contributed by atoms with Crippen LogP contribution in [0.25, 0.3) is 0 Å². The standard InChI is InChI=1S/C21H29N3O6/c1-21(2,3)30-20(27)22-15-12-29-17-8-7-14(10-16(17)24(5)19(15)26)28-11-13-6-9-18(25)23(13)4/h7-8,10,13,15H,6,9,11-12H2,1-5H3,(H,22,27)/t13?,15-/m0/s1. The summed E-state index contributed by atoms with van der Waals surface area (Å²) in [4.78, 5) is 39.7. The Hall–Kier alpha value is -2.97. The topological polar surface area (TPSA) is 97.4 Å². The quantitative estimate of drug-likeness (QED) is 0.801. The molecule has 9 nitrogen and oxygen atoms in total. The van der Waals surface area contributed by atoms with Gasteiger partial charge in [-0.15, -0.1) is 0 Å². The van der Waals surface area contributed by atoms with Crippen molar-refractivity contribution < 1.29 is 28.6 Å². The van der Waals surface area contributed by atoms with Crippen molar-refractivity contribution in [2.75, 3.05) is 32.2 Å². The number of carbonyl (C=O) groups is 3. The molecule has 1 aromatic rings. The van der Waals surface area contributed by atoms with E-state index >= 15 is 0 Å². The number of benzene rings is 1. The van der Waals surface area contributed by atoms with Gasteiger partial charge in [0, 0.05) is 26.6 Å². The Labute approximate surface area is 176 Å². The van der Waals surface area contributed by atoms with Crippen LogP contribution in [-0.2, 0) is 14.3 Å². The minimum atomic E-state index is -0.875. The molecule has 164 valence electrons. The van der Waals surface area contributed by atoms with Crippen LogP contribution in [0.5, 0.6) is 11.5 Å². The zero-order valence-electron chi connectivity index (χ0n) is 18.1. The summed E-state index contributed by atoms with van der Waals surface area (Å²) in [5.74, 6) is 0.883. The fraction of sp³-hybridized carbons (Fsp3) is 0.571. The van der Waals surface area contributed by atoms with Crippen molar-refractivity contribution in [2.45, 2.75) is 51.3 Å². The van der Waals surface area contributed by atoms with Crippen LogP contribution in [0.3, 0.4) is 0 Å². The van der Waals surface area contributed by atoms with Gasteiger partial charge in [0.05, 0.1) is 11.7 Å². The van der Waals surface area contributed by atoms with Gasteiger partial charge in [-0.2, -0.15) is 0 Å². The van der Waals surface area contributed by atoms with E-state index in [0.717, 1.165) is 6.42 Å². The van der Waals surface area contributed by atoms with Crippen molar-refractivity contribution in [1.29, 1.82) is 0 Å². The number of carbonyl (C=O) groups excluding carboxylic acids is 3. The van der Waals surface area contributed by atoms with Gasteiger partial charge in [-0.1, -0.05) is 0 Å². The molecular formula is C21H29N3O6. The maximum atomic E-state index is 12.9. The molecule has 0 radical (unpaired) electrons. The van der Waals surface area contributed by atoms with E-state index in [-0.39, 0.29) is 24.5 Å². The average molecular weight is 419 g/mol. The Bertz CT molecular complexity index is 835. The maximum absolute atomic E-state index is 12.9. The molecule has 0 aliphatic carbocycles. The lowest BCUT2D eigenvalue weighted by Gasteiger charge is -2.24. The Morgan fingerprint density at radius 1 is 1.27 bits per heavy atom. The number of ether oxygens (including phenoxy) is 3. The second-order valence-corrected chi connectivity index (χ2v) is 8.54. The lowest BCUT2D eigenvalue weighted by Crippen LogP contribution is -2.50. The van der Waals surface area contributed by atoms with Crippen molar-refractivity contribution in [3.63, 3.8) is 0 Å². The van der Waals surface area contributed by atoms with E-state index in [4.69, 9.17) is 14.2 Å². The minimum Gasteiger partial charge on any atom is -0.491 e. The molecule has 0 saturated carbocycles. The van der Waals surface area contributed by atoms with Crippen LogP contribution in [0.1, 0.15) is 33.6 Å². The molecule has 1 unspecified atom stereocenters. The molecule has 0 aromatic heterocycles. The number of nitrogens with zero attached hydrogens (tertiary/aromatic N) is 2. The van der Waals surface area contributed by atoms with Gasteiger partial charge in [0.2, 0.25) is 5.91 Å². The molecule has 0 bridgehead atoms. The number of amides is 3. The molecule has 30 heavy (non-hydrogen) atoms. The molecule has 2 aliphatic heterocycles. The van der Waals surface area contributed by atoms with Gasteiger partial charge in [-0.25, -0.2) is 4.79 Å². The fourth-order valence-corrected chi connectivity index (χ4v) is 3.37. The Kier molecular flexibility index (Phi) is 6.09. The number of anilines is 1. The first-order chi connectivity index (χ1) is 14.0. The number of likely N-dealkylation sites (tertiary alicyclic amines) is 1. The molecule has 0 spiro atoms. The number of alkyl carbamates (subject to hydrolysis) is 1. The number of rotatable bonds is 4. The first-order valence-electron chi connectivity index (χ1n) is 9.97. The first kappa shape index (κ1) is 21.7. The molecule has 3 amide bonds. The predicted molar refractivity (Wildman–Crippen MR) is 110 cm³/mol. The third-order valence-corrected chi connectivity index (χ3v) is 5.09. The molecule has 1 N–H and O–H groups in total. The number of fused-ring (bicyclic) bond motifs is 1. The largest absolute Gasteiger partial charge is 0.491 e. The molecule has 1 aromatic carbocycles. The summed E-state index contributed by atoms with van der Waals surface area (Å²) in [6.07, 6.45) is 0.620. The highest BCUT2D eigenvalue weighted by atomic mass is 16.6. The van der Waals surface area contributed by atoms with Crippen molar-refractivity contribution in [3.05, 3.63) is 18.2 Å². The fourth-order valence-electron chi connectivity index (χ4n) is 3.37. The summed E-state index contributed by atoms with van der Waals surface area (Å²) in [6, 6.07) is 4.37. The number of nitrogens with one attached hydrogen (secondary N) is 1. The average Bonchev–Trinajstić information content (AvgIpc) is 2.93. The highest BCUT2D eigenvalue weighted by molar-refractivity contribution is 6.00. The van der Waals surface area contributed by atoms with Crippen molar-refractivity contribution in [3.8, 4) is 11.5 Å². The third kappa shape index (κ3) is 4.95. The van der Waals surface area contributed by atoms with E-state index in [2.05, 4.69) is 5.32 Å². The summed E-state index contributed by atoms with van der Waals surface area (Å²) in [5.41, 5.74) is -0.125.